The van der Waals surface area contributed by atoms with Crippen LogP contribution in [0.15, 0.2) is 34.8 Å². The van der Waals surface area contributed by atoms with Crippen molar-refractivity contribution in [3.05, 3.63) is 34.8 Å². The van der Waals surface area contributed by atoms with Crippen LogP contribution < -0.4 is 0 Å². The van der Waals surface area contributed by atoms with Crippen LogP contribution >= 0.6 is 0 Å². The van der Waals surface area contributed by atoms with Gasteiger partial charge in [-0.1, -0.05) is 32.4 Å². The van der Waals surface area contributed by atoms with Gasteiger partial charge in [0.1, 0.15) is 0 Å². The average molecular weight is 401 g/mol. The fourth-order valence-electron chi connectivity index (χ4n) is 5.81. The molecule has 0 aliphatic heterocycles. The maximum absolute atomic E-state index is 13.1. The quantitative estimate of drug-likeness (QED) is 0.389. The fraction of sp³-hybridized carbons (Fsp3) is 0.625. The van der Waals surface area contributed by atoms with Crippen LogP contribution in [-0.4, -0.2) is 24.6 Å². The van der Waals surface area contributed by atoms with E-state index in [4.69, 9.17) is 9.47 Å². The Morgan fingerprint density at radius 2 is 1.93 bits per heavy atom. The predicted octanol–water partition coefficient (Wildman–Crippen LogP) is 4.67. The number of methoxy groups -OCH3 is 1. The first-order valence-electron chi connectivity index (χ1n) is 10.5. The zero-order chi connectivity index (χ0) is 21.6. The number of Topliss-reactive ketones (excluding diaryl/α,β-unsaturated/α-hetero) is 1. The summed E-state index contributed by atoms with van der Waals surface area (Å²) in [7, 11) is 1.38. The molecule has 0 N–H and O–H groups in total. The van der Waals surface area contributed by atoms with Crippen molar-refractivity contribution in [2.75, 3.05) is 7.11 Å². The van der Waals surface area contributed by atoms with Crippen molar-refractivity contribution >= 4 is 17.5 Å². The number of allylic oxidation sites excluding steroid dienone is 4. The summed E-state index contributed by atoms with van der Waals surface area (Å²) in [5, 5.41) is 0. The van der Waals surface area contributed by atoms with E-state index in [0.717, 1.165) is 31.8 Å². The van der Waals surface area contributed by atoms with Crippen LogP contribution in [0.2, 0.25) is 0 Å². The zero-order valence-corrected chi connectivity index (χ0v) is 18.4. The summed E-state index contributed by atoms with van der Waals surface area (Å²) >= 11 is 0. The van der Waals surface area contributed by atoms with Gasteiger partial charge in [-0.2, -0.15) is 0 Å². The van der Waals surface area contributed by atoms with E-state index in [1.165, 1.54) is 19.6 Å². The summed E-state index contributed by atoms with van der Waals surface area (Å²) in [5.41, 5.74) is 1.58. The molecule has 29 heavy (non-hydrogen) atoms. The number of esters is 1. The number of carbonyl (C=O) groups excluding carboxylic acids is 3. The molecule has 0 aromatic rings. The molecule has 1 fully saturated rings. The van der Waals surface area contributed by atoms with Gasteiger partial charge in [0.2, 0.25) is 11.6 Å². The van der Waals surface area contributed by atoms with Crippen LogP contribution in [0, 0.1) is 22.7 Å². The summed E-state index contributed by atoms with van der Waals surface area (Å²) in [4.78, 5) is 37.4. The Labute approximate surface area is 173 Å². The average Bonchev–Trinajstić information content (AvgIpc) is 2.66. The second kappa shape index (κ2) is 7.58. The lowest BCUT2D eigenvalue weighted by atomic mass is 9.46. The van der Waals surface area contributed by atoms with Gasteiger partial charge in [0.25, 0.3) is 0 Å². The highest BCUT2D eigenvalue weighted by atomic mass is 16.5. The molecule has 5 nitrogen and oxygen atoms in total. The monoisotopic (exact) mass is 400 g/mol. The van der Waals surface area contributed by atoms with Gasteiger partial charge in [0.05, 0.1) is 12.7 Å². The molecule has 4 atom stereocenters. The van der Waals surface area contributed by atoms with Crippen molar-refractivity contribution in [2.24, 2.45) is 22.7 Å². The van der Waals surface area contributed by atoms with Gasteiger partial charge in [-0.05, 0) is 61.7 Å². The van der Waals surface area contributed by atoms with E-state index < -0.39 is 11.8 Å². The van der Waals surface area contributed by atoms with Crippen molar-refractivity contribution in [2.45, 2.75) is 66.7 Å². The molecular formula is C24H32O5. The molecular weight excluding hydrogens is 368 g/mol. The molecule has 0 spiro atoms. The van der Waals surface area contributed by atoms with Crippen molar-refractivity contribution in [3.8, 4) is 0 Å². The Balaban J connectivity index is 2.08. The van der Waals surface area contributed by atoms with Crippen LogP contribution in [0.25, 0.3) is 0 Å². The molecule has 3 aliphatic carbocycles. The van der Waals surface area contributed by atoms with Gasteiger partial charge >= 0.3 is 5.97 Å². The van der Waals surface area contributed by atoms with E-state index >= 15 is 0 Å². The number of fused-ring (bicyclic) bond motifs is 1. The molecule has 5 heteroatoms. The van der Waals surface area contributed by atoms with E-state index in [-0.39, 0.29) is 33.7 Å². The van der Waals surface area contributed by atoms with Crippen LogP contribution in [0.4, 0.5) is 0 Å². The smallest absolute Gasteiger partial charge is 0.308 e. The van der Waals surface area contributed by atoms with Gasteiger partial charge in [-0.25, -0.2) is 0 Å². The highest BCUT2D eigenvalue weighted by Crippen LogP contribution is 2.62. The van der Waals surface area contributed by atoms with E-state index in [1.807, 2.05) is 0 Å². The highest BCUT2D eigenvalue weighted by molar-refractivity contribution is 6.21. The van der Waals surface area contributed by atoms with Crippen LogP contribution in [0.3, 0.4) is 0 Å². The first-order valence-corrected chi connectivity index (χ1v) is 10.5. The van der Waals surface area contributed by atoms with Crippen molar-refractivity contribution in [1.29, 1.82) is 0 Å². The van der Waals surface area contributed by atoms with Gasteiger partial charge < -0.3 is 9.47 Å². The second-order valence-corrected chi connectivity index (χ2v) is 9.36. The number of rotatable bonds is 4. The summed E-state index contributed by atoms with van der Waals surface area (Å²) in [6.07, 6.45) is 8.13. The lowest BCUT2D eigenvalue weighted by Gasteiger charge is -2.58. The van der Waals surface area contributed by atoms with Crippen LogP contribution in [0.1, 0.15) is 66.7 Å². The van der Waals surface area contributed by atoms with Crippen molar-refractivity contribution in [3.63, 3.8) is 0 Å². The van der Waals surface area contributed by atoms with Crippen LogP contribution in [-0.2, 0) is 23.9 Å². The number of hydrogen-bond donors (Lipinski definition) is 0. The summed E-state index contributed by atoms with van der Waals surface area (Å²) < 4.78 is 10.4. The summed E-state index contributed by atoms with van der Waals surface area (Å²) in [6.45, 7) is 10.3. The van der Waals surface area contributed by atoms with Crippen LogP contribution in [0.5, 0.6) is 0 Å². The van der Waals surface area contributed by atoms with E-state index in [1.54, 1.807) is 0 Å². The third-order valence-corrected chi connectivity index (χ3v) is 7.88. The molecule has 0 amide bonds. The van der Waals surface area contributed by atoms with E-state index in [2.05, 4.69) is 33.8 Å². The fourth-order valence-corrected chi connectivity index (χ4v) is 5.81. The summed E-state index contributed by atoms with van der Waals surface area (Å²) in [5.74, 6) is -0.807. The number of ketones is 2. The van der Waals surface area contributed by atoms with E-state index in [9.17, 15) is 14.4 Å². The maximum atomic E-state index is 13.1. The molecule has 158 valence electrons. The van der Waals surface area contributed by atoms with E-state index in [0.29, 0.717) is 18.3 Å². The molecule has 3 rings (SSSR count). The molecule has 0 heterocycles. The third kappa shape index (κ3) is 3.49. The minimum absolute atomic E-state index is 0.00967. The lowest BCUT2D eigenvalue weighted by Crippen LogP contribution is -2.50. The topological polar surface area (TPSA) is 69.7 Å². The first-order chi connectivity index (χ1) is 13.5. The highest BCUT2D eigenvalue weighted by Gasteiger charge is 2.54. The Kier molecular flexibility index (Phi) is 5.63. The van der Waals surface area contributed by atoms with Gasteiger partial charge in [0, 0.05) is 13.0 Å². The Hall–Kier alpha value is -2.17. The standard InChI is InChI=1S/C24H32O5/c1-14-8-7-9-20-23(14,4)11-10-15(2)24(20,5)13-17-21(27)19(28-6)12-18(26)22(17)29-16(3)25/h8,12,15,20H,7,9-11,13H2,1-6H3/t15-,20?,23+,24+/m0/s1. The van der Waals surface area contributed by atoms with Crippen molar-refractivity contribution < 1.29 is 23.9 Å². The number of ether oxygens (including phenoxy) is 2. The normalized spacial score (nSPS) is 35.0. The molecule has 1 saturated carbocycles. The third-order valence-electron chi connectivity index (χ3n) is 7.88. The lowest BCUT2D eigenvalue weighted by molar-refractivity contribution is -0.140. The number of carbonyl (C=O) groups is 3. The van der Waals surface area contributed by atoms with Gasteiger partial charge in [-0.15, -0.1) is 0 Å². The molecule has 0 saturated heterocycles. The second-order valence-electron chi connectivity index (χ2n) is 9.36. The Morgan fingerprint density at radius 1 is 1.24 bits per heavy atom. The van der Waals surface area contributed by atoms with Gasteiger partial charge in [0.15, 0.2) is 11.5 Å². The number of hydrogen-bond acceptors (Lipinski definition) is 5. The molecule has 3 aliphatic rings. The molecule has 0 bridgehead atoms. The Bertz CT molecular complexity index is 845. The largest absolute Gasteiger partial charge is 0.493 e. The zero-order valence-electron chi connectivity index (χ0n) is 18.4. The summed E-state index contributed by atoms with van der Waals surface area (Å²) in [6, 6.07) is 0. The SMILES string of the molecule is COC1=CC(=O)C(OC(C)=O)=C(C[C@@]2(C)C3CCC=C(C)[C@@]3(C)CC[C@@H]2C)C1=O. The maximum Gasteiger partial charge on any atom is 0.308 e. The first kappa shape index (κ1) is 21.5. The van der Waals surface area contributed by atoms with Gasteiger partial charge in [-0.3, -0.25) is 14.4 Å². The Morgan fingerprint density at radius 3 is 2.55 bits per heavy atom. The molecule has 0 aromatic heterocycles. The minimum Gasteiger partial charge on any atom is -0.493 e. The van der Waals surface area contributed by atoms with Crippen molar-refractivity contribution in [1.82, 2.24) is 0 Å². The molecule has 0 aromatic carbocycles. The minimum atomic E-state index is -0.601. The predicted molar refractivity (Wildman–Crippen MR) is 110 cm³/mol. The molecule has 1 unspecified atom stereocenters. The molecule has 0 radical (unpaired) electrons.